The summed E-state index contributed by atoms with van der Waals surface area (Å²) in [5.74, 6) is -0.890. The molecular formula is C15H22N2O5S. The van der Waals surface area contributed by atoms with E-state index in [-0.39, 0.29) is 25.4 Å². The van der Waals surface area contributed by atoms with Crippen molar-refractivity contribution < 1.29 is 23.3 Å². The minimum atomic E-state index is -1.25. The molecule has 0 radical (unpaired) electrons. The molecule has 1 rings (SSSR count). The Labute approximate surface area is 138 Å². The van der Waals surface area contributed by atoms with Crippen LogP contribution in [-0.4, -0.2) is 54.7 Å². The van der Waals surface area contributed by atoms with Gasteiger partial charge in [-0.05, 0) is 18.6 Å². The summed E-state index contributed by atoms with van der Waals surface area (Å²) in [6.45, 7) is 0.473. The minimum absolute atomic E-state index is 0.186. The first-order valence-electron chi connectivity index (χ1n) is 7.13. The predicted octanol–water partition coefficient (Wildman–Crippen LogP) is -0.183. The zero-order chi connectivity index (χ0) is 17.1. The van der Waals surface area contributed by atoms with E-state index in [0.717, 1.165) is 0 Å². The molecule has 0 spiro atoms. The molecular weight excluding hydrogens is 320 g/mol. The molecule has 23 heavy (non-hydrogen) atoms. The van der Waals surface area contributed by atoms with Gasteiger partial charge in [-0.15, -0.1) is 0 Å². The molecule has 0 heterocycles. The fourth-order valence-electron chi connectivity index (χ4n) is 1.74. The summed E-state index contributed by atoms with van der Waals surface area (Å²) in [6.07, 6.45) is 0.195. The number of carbonyl (C=O) groups is 2. The summed E-state index contributed by atoms with van der Waals surface area (Å²) in [4.78, 5) is 23.8. The van der Waals surface area contributed by atoms with Gasteiger partial charge in [-0.3, -0.25) is 13.8 Å². The first-order chi connectivity index (χ1) is 11.0. The number of amides is 2. The number of methoxy groups -OCH3 is 1. The van der Waals surface area contributed by atoms with Crippen molar-refractivity contribution in [1.29, 1.82) is 0 Å². The first kappa shape index (κ1) is 19.3. The van der Waals surface area contributed by atoms with Gasteiger partial charge in [-0.1, -0.05) is 18.2 Å². The Hall–Kier alpha value is -1.77. The number of ether oxygens (including phenoxy) is 2. The number of hydrogen-bond acceptors (Lipinski definition) is 5. The fourth-order valence-corrected chi connectivity index (χ4v) is 2.89. The smallest absolute Gasteiger partial charge is 0.246 e. The van der Waals surface area contributed by atoms with Crippen molar-refractivity contribution in [3.63, 3.8) is 0 Å². The van der Waals surface area contributed by atoms with Crippen molar-refractivity contribution in [1.82, 2.24) is 5.32 Å². The Kier molecular flexibility index (Phi) is 9.11. The predicted molar refractivity (Wildman–Crippen MR) is 86.2 cm³/mol. The van der Waals surface area contributed by atoms with Crippen LogP contribution in [0, 0.1) is 0 Å². The third-order valence-electron chi connectivity index (χ3n) is 2.94. The second-order valence-electron chi connectivity index (χ2n) is 4.72. The highest BCUT2D eigenvalue weighted by atomic mass is 32.2. The van der Waals surface area contributed by atoms with Crippen LogP contribution in [0.2, 0.25) is 0 Å². The standard InChI is InChI=1S/C15H22N2O5S/c1-21-8-9-22-11-14(18)17-13(15(16)19)7-10-23(20)12-5-3-2-4-6-12/h2-6,13H,7-11H2,1H3,(H2,16,19)(H,17,18)/t13-,23+/m0/s1. The molecule has 3 N–H and O–H groups in total. The van der Waals surface area contributed by atoms with Gasteiger partial charge in [-0.2, -0.15) is 0 Å². The van der Waals surface area contributed by atoms with Crippen molar-refractivity contribution in [2.45, 2.75) is 17.4 Å². The summed E-state index contributed by atoms with van der Waals surface area (Å²) in [5, 5.41) is 2.49. The van der Waals surface area contributed by atoms with Gasteiger partial charge >= 0.3 is 0 Å². The lowest BCUT2D eigenvalue weighted by molar-refractivity contribution is -0.130. The highest BCUT2D eigenvalue weighted by molar-refractivity contribution is 7.85. The van der Waals surface area contributed by atoms with E-state index in [2.05, 4.69) is 5.32 Å². The van der Waals surface area contributed by atoms with Crippen LogP contribution in [-0.2, 0) is 29.9 Å². The quantitative estimate of drug-likeness (QED) is 0.542. The van der Waals surface area contributed by atoms with Gasteiger partial charge < -0.3 is 20.5 Å². The zero-order valence-electron chi connectivity index (χ0n) is 13.0. The van der Waals surface area contributed by atoms with Gasteiger partial charge in [0.2, 0.25) is 11.8 Å². The molecule has 8 heteroatoms. The van der Waals surface area contributed by atoms with Gasteiger partial charge in [0.05, 0.1) is 24.0 Å². The van der Waals surface area contributed by atoms with E-state index in [1.54, 1.807) is 24.3 Å². The van der Waals surface area contributed by atoms with Crippen LogP contribution in [0.1, 0.15) is 6.42 Å². The van der Waals surface area contributed by atoms with Crippen molar-refractivity contribution in [3.05, 3.63) is 30.3 Å². The lowest BCUT2D eigenvalue weighted by Gasteiger charge is -2.15. The summed E-state index contributed by atoms with van der Waals surface area (Å²) >= 11 is 0. The number of nitrogens with one attached hydrogen (secondary N) is 1. The highest BCUT2D eigenvalue weighted by Crippen LogP contribution is 2.07. The number of rotatable bonds is 11. The molecule has 7 nitrogen and oxygen atoms in total. The third kappa shape index (κ3) is 7.87. The average Bonchev–Trinajstić information content (AvgIpc) is 2.55. The molecule has 0 saturated carbocycles. The maximum Gasteiger partial charge on any atom is 0.246 e. The molecule has 2 amide bonds. The van der Waals surface area contributed by atoms with Gasteiger partial charge in [0.25, 0.3) is 0 Å². The van der Waals surface area contributed by atoms with Gasteiger partial charge in [0, 0.05) is 17.8 Å². The van der Waals surface area contributed by atoms with Crippen LogP contribution >= 0.6 is 0 Å². The van der Waals surface area contributed by atoms with E-state index in [0.29, 0.717) is 11.5 Å². The Morgan fingerprint density at radius 1 is 1.26 bits per heavy atom. The first-order valence-corrected chi connectivity index (χ1v) is 8.45. The van der Waals surface area contributed by atoms with Crippen LogP contribution in [0.25, 0.3) is 0 Å². The van der Waals surface area contributed by atoms with Crippen LogP contribution in [0.5, 0.6) is 0 Å². The molecule has 2 atom stereocenters. The molecule has 0 bridgehead atoms. The van der Waals surface area contributed by atoms with E-state index in [1.165, 1.54) is 7.11 Å². The van der Waals surface area contributed by atoms with E-state index in [9.17, 15) is 13.8 Å². The maximum atomic E-state index is 12.1. The number of primary amides is 1. The minimum Gasteiger partial charge on any atom is -0.382 e. The Morgan fingerprint density at radius 3 is 2.57 bits per heavy atom. The van der Waals surface area contributed by atoms with Gasteiger partial charge in [0.15, 0.2) is 0 Å². The monoisotopic (exact) mass is 342 g/mol. The van der Waals surface area contributed by atoms with E-state index < -0.39 is 28.7 Å². The largest absolute Gasteiger partial charge is 0.382 e. The molecule has 0 fully saturated rings. The van der Waals surface area contributed by atoms with Crippen LogP contribution < -0.4 is 11.1 Å². The summed E-state index contributed by atoms with van der Waals surface area (Å²) in [6, 6.07) is 8.03. The topological polar surface area (TPSA) is 108 Å². The molecule has 0 saturated heterocycles. The number of benzene rings is 1. The number of hydrogen-bond donors (Lipinski definition) is 2. The molecule has 0 unspecified atom stereocenters. The Morgan fingerprint density at radius 2 is 1.96 bits per heavy atom. The highest BCUT2D eigenvalue weighted by Gasteiger charge is 2.19. The maximum absolute atomic E-state index is 12.1. The SMILES string of the molecule is COCCOCC(=O)N[C@@H](CC[S@@](=O)c1ccccc1)C(N)=O. The van der Waals surface area contributed by atoms with Crippen LogP contribution in [0.4, 0.5) is 0 Å². The lowest BCUT2D eigenvalue weighted by atomic mass is 10.2. The van der Waals surface area contributed by atoms with Crippen molar-refractivity contribution >= 4 is 22.6 Å². The number of nitrogens with two attached hydrogens (primary N) is 1. The molecule has 0 aliphatic carbocycles. The Balaban J connectivity index is 2.41. The third-order valence-corrected chi connectivity index (χ3v) is 4.35. The molecule has 1 aromatic carbocycles. The summed E-state index contributed by atoms with van der Waals surface area (Å²) in [7, 11) is 0.277. The van der Waals surface area contributed by atoms with Gasteiger partial charge in [-0.25, -0.2) is 0 Å². The summed E-state index contributed by atoms with van der Waals surface area (Å²) in [5.41, 5.74) is 5.27. The molecule has 0 aromatic heterocycles. The number of carbonyl (C=O) groups excluding carboxylic acids is 2. The molecule has 128 valence electrons. The van der Waals surface area contributed by atoms with Crippen LogP contribution in [0.15, 0.2) is 35.2 Å². The zero-order valence-corrected chi connectivity index (χ0v) is 13.8. The van der Waals surface area contributed by atoms with E-state index in [1.807, 2.05) is 6.07 Å². The molecule has 0 aliphatic heterocycles. The van der Waals surface area contributed by atoms with Crippen molar-refractivity contribution in [2.24, 2.45) is 5.73 Å². The normalized spacial score (nSPS) is 13.3. The van der Waals surface area contributed by atoms with Crippen molar-refractivity contribution in [2.75, 3.05) is 32.7 Å². The lowest BCUT2D eigenvalue weighted by Crippen LogP contribution is -2.46. The van der Waals surface area contributed by atoms with Crippen LogP contribution in [0.3, 0.4) is 0 Å². The fraction of sp³-hybridized carbons (Fsp3) is 0.467. The average molecular weight is 342 g/mol. The summed E-state index contributed by atoms with van der Waals surface area (Å²) < 4.78 is 22.0. The van der Waals surface area contributed by atoms with Crippen molar-refractivity contribution in [3.8, 4) is 0 Å². The second-order valence-corrected chi connectivity index (χ2v) is 6.29. The van der Waals surface area contributed by atoms with Gasteiger partial charge in [0.1, 0.15) is 12.6 Å². The van der Waals surface area contributed by atoms with E-state index >= 15 is 0 Å². The molecule has 0 aliphatic rings. The van der Waals surface area contributed by atoms with E-state index in [4.69, 9.17) is 15.2 Å². The second kappa shape index (κ2) is 10.9. The Bertz CT molecular complexity index is 524. The molecule has 1 aromatic rings.